The third kappa shape index (κ3) is 4.90. The second kappa shape index (κ2) is 10.5. The van der Waals surface area contributed by atoms with Crippen molar-refractivity contribution >= 4 is 16.7 Å². The van der Waals surface area contributed by atoms with Crippen molar-refractivity contribution in [1.82, 2.24) is 14.5 Å². The zero-order valence-electron chi connectivity index (χ0n) is 21.2. The number of nitrogens with zero attached hydrogens (tertiary/aromatic N) is 4. The van der Waals surface area contributed by atoms with Crippen molar-refractivity contribution in [2.24, 2.45) is 5.92 Å². The fourth-order valence-corrected chi connectivity index (χ4v) is 6.14. The van der Waals surface area contributed by atoms with E-state index in [1.807, 2.05) is 34.9 Å². The number of hydrogen-bond donors (Lipinski definition) is 1. The molecule has 0 amide bonds. The lowest BCUT2D eigenvalue weighted by Crippen LogP contribution is -2.43. The molecule has 6 rings (SSSR count). The molecule has 6 heteroatoms. The Morgan fingerprint density at radius 1 is 0.892 bits per heavy atom. The van der Waals surface area contributed by atoms with Gasteiger partial charge in [0.15, 0.2) is 0 Å². The van der Waals surface area contributed by atoms with Crippen molar-refractivity contribution < 1.29 is 5.11 Å². The van der Waals surface area contributed by atoms with Crippen molar-refractivity contribution in [2.75, 3.05) is 18.0 Å². The summed E-state index contributed by atoms with van der Waals surface area (Å²) in [5.74, 6) is 1.27. The highest BCUT2D eigenvalue weighted by atomic mass is 16.3. The predicted molar refractivity (Wildman–Crippen MR) is 149 cm³/mol. The Kier molecular flexibility index (Phi) is 6.75. The number of aliphatic hydroxyl groups is 1. The van der Waals surface area contributed by atoms with Crippen LogP contribution >= 0.6 is 0 Å². The highest BCUT2D eigenvalue weighted by Gasteiger charge is 2.27. The zero-order chi connectivity index (χ0) is 25.2. The first-order valence-electron chi connectivity index (χ1n) is 13.6. The molecular formula is C31H34N4O2. The number of fused-ring (bicyclic) bond motifs is 2. The average molecular weight is 495 g/mol. The molecule has 1 fully saturated rings. The maximum absolute atomic E-state index is 14.1. The smallest absolute Gasteiger partial charge is 0.263 e. The van der Waals surface area contributed by atoms with Crippen LogP contribution in [0.2, 0.25) is 0 Å². The van der Waals surface area contributed by atoms with Gasteiger partial charge in [0.1, 0.15) is 0 Å². The van der Waals surface area contributed by atoms with E-state index < -0.39 is 6.10 Å². The van der Waals surface area contributed by atoms with Gasteiger partial charge in [-0.3, -0.25) is 14.3 Å². The summed E-state index contributed by atoms with van der Waals surface area (Å²) >= 11 is 0. The molecule has 1 aliphatic heterocycles. The highest BCUT2D eigenvalue weighted by Crippen LogP contribution is 2.33. The molecule has 4 aromatic rings. The summed E-state index contributed by atoms with van der Waals surface area (Å²) < 4.78 is 1.81. The van der Waals surface area contributed by atoms with Gasteiger partial charge in [-0.25, -0.2) is 4.98 Å². The standard InChI is InChI=1S/C31H34N4O2/c36-27(19-22-7-2-1-3-8-22)21-34-17-6-18-35-30(37)28(26-12-11-23-9-4-5-10-25(23)20-26)29(33-31(34)35)24-13-15-32-16-14-24/h4-5,9-16,20,22,27,36H,1-3,6-8,17-19,21H2. The van der Waals surface area contributed by atoms with Crippen LogP contribution in [-0.2, 0) is 6.54 Å². The molecule has 1 atom stereocenters. The minimum Gasteiger partial charge on any atom is -0.391 e. The van der Waals surface area contributed by atoms with E-state index >= 15 is 0 Å². The van der Waals surface area contributed by atoms with Gasteiger partial charge in [-0.05, 0) is 53.3 Å². The van der Waals surface area contributed by atoms with Crippen molar-refractivity contribution in [1.29, 1.82) is 0 Å². The Morgan fingerprint density at radius 3 is 2.49 bits per heavy atom. The Balaban J connectivity index is 1.42. The molecule has 1 N–H and O–H groups in total. The molecule has 2 aromatic carbocycles. The van der Waals surface area contributed by atoms with Gasteiger partial charge < -0.3 is 10.0 Å². The summed E-state index contributed by atoms with van der Waals surface area (Å²) in [4.78, 5) is 25.5. The van der Waals surface area contributed by atoms with E-state index in [2.05, 4.69) is 34.1 Å². The molecule has 37 heavy (non-hydrogen) atoms. The molecule has 0 saturated heterocycles. The molecule has 6 nitrogen and oxygen atoms in total. The number of β-amino-alcohol motifs (C(OH)–C–C–N with tert-alkyl or cyclic N) is 1. The summed E-state index contributed by atoms with van der Waals surface area (Å²) in [5.41, 5.74) is 2.99. The van der Waals surface area contributed by atoms with Crippen LogP contribution in [0.3, 0.4) is 0 Å². The van der Waals surface area contributed by atoms with E-state index in [4.69, 9.17) is 4.98 Å². The number of benzene rings is 2. The molecular weight excluding hydrogens is 460 g/mol. The molecule has 3 heterocycles. The minimum atomic E-state index is -0.420. The molecule has 0 spiro atoms. The van der Waals surface area contributed by atoms with Crippen molar-refractivity contribution in [3.8, 4) is 22.4 Å². The van der Waals surface area contributed by atoms with Gasteiger partial charge in [0.2, 0.25) is 5.95 Å². The van der Waals surface area contributed by atoms with Crippen LogP contribution in [0.15, 0.2) is 71.8 Å². The van der Waals surface area contributed by atoms with E-state index in [1.54, 1.807) is 12.4 Å². The minimum absolute atomic E-state index is 0.0291. The maximum Gasteiger partial charge on any atom is 0.263 e. The maximum atomic E-state index is 14.1. The van der Waals surface area contributed by atoms with E-state index in [0.717, 1.165) is 41.3 Å². The highest BCUT2D eigenvalue weighted by molar-refractivity contribution is 5.90. The quantitative estimate of drug-likeness (QED) is 0.374. The van der Waals surface area contributed by atoms with Crippen LogP contribution in [0.4, 0.5) is 5.95 Å². The van der Waals surface area contributed by atoms with Gasteiger partial charge in [-0.1, -0.05) is 68.5 Å². The van der Waals surface area contributed by atoms with Gasteiger partial charge in [-0.2, -0.15) is 0 Å². The average Bonchev–Trinajstić information content (AvgIpc) is 2.94. The molecule has 2 aliphatic rings. The first-order valence-corrected chi connectivity index (χ1v) is 13.6. The van der Waals surface area contributed by atoms with E-state index in [0.29, 0.717) is 36.2 Å². The Morgan fingerprint density at radius 2 is 1.68 bits per heavy atom. The second-order valence-electron chi connectivity index (χ2n) is 10.6. The Bertz CT molecular complexity index is 1440. The monoisotopic (exact) mass is 494 g/mol. The number of rotatable bonds is 6. The number of hydrogen-bond acceptors (Lipinski definition) is 5. The summed E-state index contributed by atoms with van der Waals surface area (Å²) in [7, 11) is 0. The first-order chi connectivity index (χ1) is 18.2. The predicted octanol–water partition coefficient (Wildman–Crippen LogP) is 5.67. The lowest BCUT2D eigenvalue weighted by atomic mass is 9.85. The van der Waals surface area contributed by atoms with Crippen LogP contribution < -0.4 is 10.5 Å². The van der Waals surface area contributed by atoms with Gasteiger partial charge in [0, 0.05) is 37.6 Å². The van der Waals surface area contributed by atoms with E-state index in [-0.39, 0.29) is 5.56 Å². The van der Waals surface area contributed by atoms with Crippen LogP contribution in [0.5, 0.6) is 0 Å². The van der Waals surface area contributed by atoms with Crippen LogP contribution in [-0.4, -0.2) is 38.8 Å². The van der Waals surface area contributed by atoms with Gasteiger partial charge in [0.05, 0.1) is 17.4 Å². The number of anilines is 1. The van der Waals surface area contributed by atoms with Gasteiger partial charge >= 0.3 is 0 Å². The topological polar surface area (TPSA) is 71.2 Å². The number of aromatic nitrogens is 3. The summed E-state index contributed by atoms with van der Waals surface area (Å²) in [6.07, 6.45) is 11.0. The third-order valence-corrected chi connectivity index (χ3v) is 7.99. The Labute approximate surface area is 217 Å². The van der Waals surface area contributed by atoms with Crippen LogP contribution in [0.1, 0.15) is 44.9 Å². The lowest BCUT2D eigenvalue weighted by molar-refractivity contribution is 0.133. The van der Waals surface area contributed by atoms with Crippen molar-refractivity contribution in [2.45, 2.75) is 57.6 Å². The SMILES string of the molecule is O=c1c(-c2ccc3ccccc3c2)c(-c2ccncc2)nc2n1CCCN2CC(O)CC1CCCCC1. The van der Waals surface area contributed by atoms with Crippen LogP contribution in [0, 0.1) is 5.92 Å². The van der Waals surface area contributed by atoms with Gasteiger partial charge in [-0.15, -0.1) is 0 Å². The van der Waals surface area contributed by atoms with E-state index in [1.165, 1.54) is 32.1 Å². The molecule has 0 bridgehead atoms. The van der Waals surface area contributed by atoms with Crippen molar-refractivity contribution in [3.63, 3.8) is 0 Å². The molecule has 0 radical (unpaired) electrons. The fraction of sp³-hybridized carbons (Fsp3) is 0.387. The largest absolute Gasteiger partial charge is 0.391 e. The zero-order valence-corrected chi connectivity index (χ0v) is 21.2. The Hall–Kier alpha value is -3.51. The molecule has 1 saturated carbocycles. The fourth-order valence-electron chi connectivity index (χ4n) is 6.14. The second-order valence-corrected chi connectivity index (χ2v) is 10.6. The summed E-state index contributed by atoms with van der Waals surface area (Å²) in [6, 6.07) is 18.2. The summed E-state index contributed by atoms with van der Waals surface area (Å²) in [6.45, 7) is 1.93. The lowest BCUT2D eigenvalue weighted by Gasteiger charge is -2.34. The molecule has 1 unspecified atom stereocenters. The summed E-state index contributed by atoms with van der Waals surface area (Å²) in [5, 5.41) is 13.2. The van der Waals surface area contributed by atoms with Crippen LogP contribution in [0.25, 0.3) is 33.2 Å². The van der Waals surface area contributed by atoms with Gasteiger partial charge in [0.25, 0.3) is 5.56 Å². The number of aliphatic hydroxyl groups excluding tert-OH is 1. The van der Waals surface area contributed by atoms with E-state index in [9.17, 15) is 9.90 Å². The molecule has 2 aromatic heterocycles. The molecule has 1 aliphatic carbocycles. The number of pyridine rings is 1. The molecule has 190 valence electrons. The third-order valence-electron chi connectivity index (χ3n) is 7.99. The normalized spacial score (nSPS) is 17.1. The first kappa shape index (κ1) is 23.9. The van der Waals surface area contributed by atoms with Crippen molar-refractivity contribution in [3.05, 3.63) is 77.3 Å².